The number of ether oxygens (including phenoxy) is 1. The second-order valence-corrected chi connectivity index (χ2v) is 6.40. The number of likely N-dealkylation sites (tertiary alicyclic amines) is 1. The predicted octanol–water partition coefficient (Wildman–Crippen LogP) is 1.63. The van der Waals surface area contributed by atoms with E-state index in [0.29, 0.717) is 17.7 Å². The van der Waals surface area contributed by atoms with E-state index in [1.807, 2.05) is 0 Å². The van der Waals surface area contributed by atoms with Gasteiger partial charge in [0.2, 0.25) is 5.91 Å². The molecule has 110 valence electrons. The summed E-state index contributed by atoms with van der Waals surface area (Å²) >= 11 is 0. The van der Waals surface area contributed by atoms with Crippen LogP contribution in [0.5, 0.6) is 0 Å². The van der Waals surface area contributed by atoms with E-state index in [0.717, 1.165) is 45.4 Å². The molecule has 2 fully saturated rings. The van der Waals surface area contributed by atoms with E-state index in [9.17, 15) is 4.79 Å². The van der Waals surface area contributed by atoms with Crippen LogP contribution in [0.1, 0.15) is 39.0 Å². The van der Waals surface area contributed by atoms with Crippen LogP contribution in [-0.2, 0) is 9.53 Å². The lowest BCUT2D eigenvalue weighted by molar-refractivity contribution is -0.139. The van der Waals surface area contributed by atoms with Gasteiger partial charge < -0.3 is 15.4 Å². The van der Waals surface area contributed by atoms with Crippen molar-refractivity contribution in [3.8, 4) is 0 Å². The van der Waals surface area contributed by atoms with Gasteiger partial charge in [-0.3, -0.25) is 4.79 Å². The molecule has 0 aromatic carbocycles. The average Bonchev–Trinajstić information content (AvgIpc) is 2.42. The van der Waals surface area contributed by atoms with Crippen molar-refractivity contribution in [2.24, 2.45) is 23.5 Å². The van der Waals surface area contributed by atoms with E-state index in [1.165, 1.54) is 6.42 Å². The van der Waals surface area contributed by atoms with Gasteiger partial charge >= 0.3 is 0 Å². The lowest BCUT2D eigenvalue weighted by Gasteiger charge is -2.38. The first-order valence-electron chi connectivity index (χ1n) is 7.65. The maximum atomic E-state index is 12.6. The highest BCUT2D eigenvalue weighted by atomic mass is 16.5. The summed E-state index contributed by atoms with van der Waals surface area (Å²) < 4.78 is 5.23. The third-order valence-electron chi connectivity index (χ3n) is 4.84. The molecule has 1 saturated heterocycles. The largest absolute Gasteiger partial charge is 0.384 e. The van der Waals surface area contributed by atoms with E-state index < -0.39 is 0 Å². The zero-order valence-electron chi connectivity index (χ0n) is 12.3. The number of rotatable bonds is 3. The SMILES string of the molecule is COCC1CCCN(C(=O)C2CCC(C)C(N)C2)C1. The molecule has 1 aliphatic heterocycles. The third kappa shape index (κ3) is 3.69. The molecule has 2 rings (SSSR count). The molecule has 1 aliphatic carbocycles. The zero-order chi connectivity index (χ0) is 13.8. The summed E-state index contributed by atoms with van der Waals surface area (Å²) in [5, 5.41) is 0. The molecule has 0 radical (unpaired) electrons. The number of hydrogen-bond donors (Lipinski definition) is 1. The van der Waals surface area contributed by atoms with Crippen LogP contribution in [0.25, 0.3) is 0 Å². The number of carbonyl (C=O) groups excluding carboxylic acids is 1. The number of piperidine rings is 1. The highest BCUT2D eigenvalue weighted by Crippen LogP contribution is 2.30. The van der Waals surface area contributed by atoms with Gasteiger partial charge in [0.25, 0.3) is 0 Å². The Hall–Kier alpha value is -0.610. The molecule has 2 aliphatic rings. The topological polar surface area (TPSA) is 55.6 Å². The zero-order valence-corrected chi connectivity index (χ0v) is 12.3. The van der Waals surface area contributed by atoms with Gasteiger partial charge in [-0.2, -0.15) is 0 Å². The first-order valence-corrected chi connectivity index (χ1v) is 7.65. The van der Waals surface area contributed by atoms with E-state index in [2.05, 4.69) is 11.8 Å². The summed E-state index contributed by atoms with van der Waals surface area (Å²) in [6.45, 7) is 4.75. The Bertz CT molecular complexity index is 307. The van der Waals surface area contributed by atoms with Gasteiger partial charge in [-0.05, 0) is 43.9 Å². The van der Waals surface area contributed by atoms with Crippen LogP contribution < -0.4 is 5.73 Å². The molecule has 19 heavy (non-hydrogen) atoms. The van der Waals surface area contributed by atoms with Gasteiger partial charge in [-0.1, -0.05) is 6.92 Å². The fourth-order valence-corrected chi connectivity index (χ4v) is 3.48. The Morgan fingerprint density at radius 1 is 1.37 bits per heavy atom. The second-order valence-electron chi connectivity index (χ2n) is 6.40. The Morgan fingerprint density at radius 3 is 2.84 bits per heavy atom. The van der Waals surface area contributed by atoms with Crippen LogP contribution in [0.3, 0.4) is 0 Å². The molecular weight excluding hydrogens is 240 g/mol. The van der Waals surface area contributed by atoms with Crippen molar-refractivity contribution in [3.05, 3.63) is 0 Å². The predicted molar refractivity (Wildman–Crippen MR) is 75.7 cm³/mol. The summed E-state index contributed by atoms with van der Waals surface area (Å²) in [6, 6.07) is 0.197. The number of nitrogens with two attached hydrogens (primary N) is 1. The minimum Gasteiger partial charge on any atom is -0.384 e. The van der Waals surface area contributed by atoms with E-state index in [1.54, 1.807) is 7.11 Å². The van der Waals surface area contributed by atoms with Gasteiger partial charge in [0.05, 0.1) is 6.61 Å². The molecule has 4 heteroatoms. The molecule has 1 heterocycles. The third-order valence-corrected chi connectivity index (χ3v) is 4.84. The van der Waals surface area contributed by atoms with Crippen LogP contribution in [0.2, 0.25) is 0 Å². The summed E-state index contributed by atoms with van der Waals surface area (Å²) in [4.78, 5) is 14.6. The minimum atomic E-state index is 0.160. The van der Waals surface area contributed by atoms with Crippen molar-refractivity contribution in [2.45, 2.75) is 45.1 Å². The number of nitrogens with zero attached hydrogens (tertiary/aromatic N) is 1. The van der Waals surface area contributed by atoms with Gasteiger partial charge in [0, 0.05) is 32.2 Å². The maximum absolute atomic E-state index is 12.6. The molecule has 4 nitrogen and oxygen atoms in total. The van der Waals surface area contributed by atoms with E-state index in [4.69, 9.17) is 10.5 Å². The van der Waals surface area contributed by atoms with Gasteiger partial charge in [0.1, 0.15) is 0 Å². The van der Waals surface area contributed by atoms with Crippen LogP contribution in [-0.4, -0.2) is 43.7 Å². The lowest BCUT2D eigenvalue weighted by atomic mass is 9.78. The molecule has 1 amide bonds. The number of amides is 1. The van der Waals surface area contributed by atoms with Crippen molar-refractivity contribution in [2.75, 3.05) is 26.8 Å². The summed E-state index contributed by atoms with van der Waals surface area (Å²) in [6.07, 6.45) is 5.26. The smallest absolute Gasteiger partial charge is 0.225 e. The quantitative estimate of drug-likeness (QED) is 0.846. The van der Waals surface area contributed by atoms with E-state index >= 15 is 0 Å². The molecule has 2 N–H and O–H groups in total. The molecule has 0 aromatic rings. The monoisotopic (exact) mass is 268 g/mol. The highest BCUT2D eigenvalue weighted by Gasteiger charge is 2.33. The van der Waals surface area contributed by atoms with Gasteiger partial charge in [-0.25, -0.2) is 0 Å². The van der Waals surface area contributed by atoms with Crippen molar-refractivity contribution in [1.82, 2.24) is 4.90 Å². The fourth-order valence-electron chi connectivity index (χ4n) is 3.48. The summed E-state index contributed by atoms with van der Waals surface area (Å²) in [5.74, 6) is 1.57. The van der Waals surface area contributed by atoms with Crippen molar-refractivity contribution >= 4 is 5.91 Å². The van der Waals surface area contributed by atoms with Gasteiger partial charge in [0.15, 0.2) is 0 Å². The first-order chi connectivity index (χ1) is 9.11. The molecular formula is C15H28N2O2. The van der Waals surface area contributed by atoms with Crippen molar-refractivity contribution in [3.63, 3.8) is 0 Å². The minimum absolute atomic E-state index is 0.160. The lowest BCUT2D eigenvalue weighted by Crippen LogP contribution is -2.47. The maximum Gasteiger partial charge on any atom is 0.225 e. The summed E-state index contributed by atoms with van der Waals surface area (Å²) in [5.41, 5.74) is 6.12. The van der Waals surface area contributed by atoms with Crippen molar-refractivity contribution < 1.29 is 9.53 Å². The Kier molecular flexibility index (Phi) is 5.22. The summed E-state index contributed by atoms with van der Waals surface area (Å²) in [7, 11) is 1.74. The first kappa shape index (κ1) is 14.8. The molecule has 0 bridgehead atoms. The molecule has 4 unspecified atom stereocenters. The average molecular weight is 268 g/mol. The highest BCUT2D eigenvalue weighted by molar-refractivity contribution is 5.79. The standard InChI is InChI=1S/C15H28N2O2/c1-11-5-6-13(8-14(11)16)15(18)17-7-3-4-12(9-17)10-19-2/h11-14H,3-10,16H2,1-2H3. The van der Waals surface area contributed by atoms with Crippen LogP contribution in [0.15, 0.2) is 0 Å². The molecule has 0 aromatic heterocycles. The van der Waals surface area contributed by atoms with Crippen LogP contribution >= 0.6 is 0 Å². The van der Waals surface area contributed by atoms with Crippen LogP contribution in [0, 0.1) is 17.8 Å². The van der Waals surface area contributed by atoms with Gasteiger partial charge in [-0.15, -0.1) is 0 Å². The Morgan fingerprint density at radius 2 is 2.16 bits per heavy atom. The Labute approximate surface area is 116 Å². The number of carbonyl (C=O) groups is 1. The van der Waals surface area contributed by atoms with Crippen molar-refractivity contribution in [1.29, 1.82) is 0 Å². The fraction of sp³-hybridized carbons (Fsp3) is 0.933. The number of hydrogen-bond acceptors (Lipinski definition) is 3. The second kappa shape index (κ2) is 6.71. The van der Waals surface area contributed by atoms with E-state index in [-0.39, 0.29) is 12.0 Å². The molecule has 1 saturated carbocycles. The normalized spacial score (nSPS) is 36.3. The van der Waals surface area contributed by atoms with Crippen LogP contribution in [0.4, 0.5) is 0 Å². The Balaban J connectivity index is 1.88. The molecule has 4 atom stereocenters. The number of methoxy groups -OCH3 is 1. The molecule has 0 spiro atoms.